The summed E-state index contributed by atoms with van der Waals surface area (Å²) in [5.74, 6) is -0.149. The molecule has 0 radical (unpaired) electrons. The van der Waals surface area contributed by atoms with Crippen molar-refractivity contribution in [2.24, 2.45) is 0 Å². The molecule has 1 fully saturated rings. The number of fused-ring (bicyclic) bond motifs is 1. The molecule has 2 aromatic carbocycles. The zero-order valence-electron chi connectivity index (χ0n) is 19.7. The van der Waals surface area contributed by atoms with Crippen LogP contribution in [0, 0.1) is 0 Å². The fourth-order valence-corrected chi connectivity index (χ4v) is 5.54. The van der Waals surface area contributed by atoms with Crippen molar-refractivity contribution in [3.05, 3.63) is 54.2 Å². The topological polar surface area (TPSA) is 139 Å². The zero-order valence-corrected chi connectivity index (χ0v) is 20.5. The Morgan fingerprint density at radius 1 is 1.14 bits per heavy atom. The maximum absolute atomic E-state index is 13.0. The molecule has 0 spiro atoms. The second-order valence-corrected chi connectivity index (χ2v) is 10.7. The molecule has 1 aromatic heterocycles. The van der Waals surface area contributed by atoms with Crippen molar-refractivity contribution in [3.8, 4) is 0 Å². The van der Waals surface area contributed by atoms with E-state index in [-0.39, 0.29) is 66.6 Å². The van der Waals surface area contributed by atoms with Gasteiger partial charge in [0.05, 0.1) is 17.3 Å². The largest absolute Gasteiger partial charge is 0.390 e. The van der Waals surface area contributed by atoms with E-state index >= 15 is 0 Å². The van der Waals surface area contributed by atoms with Crippen molar-refractivity contribution in [2.45, 2.75) is 48.8 Å². The van der Waals surface area contributed by atoms with Crippen molar-refractivity contribution in [1.29, 1.82) is 0 Å². The second-order valence-electron chi connectivity index (χ2n) is 9.09. The van der Waals surface area contributed by atoms with E-state index in [1.165, 1.54) is 47.5 Å². The first kappa shape index (κ1) is 26.6. The van der Waals surface area contributed by atoms with E-state index in [1.807, 2.05) is 0 Å². The lowest BCUT2D eigenvalue weighted by Crippen LogP contribution is -2.46. The lowest BCUT2D eigenvalue weighted by atomic mass is 9.86. The maximum atomic E-state index is 13.0. The van der Waals surface area contributed by atoms with Gasteiger partial charge in [0.15, 0.2) is 0 Å². The van der Waals surface area contributed by atoms with Crippen LogP contribution in [-0.4, -0.2) is 59.2 Å². The Balaban J connectivity index is 1.38. The van der Waals surface area contributed by atoms with Gasteiger partial charge < -0.3 is 15.7 Å². The van der Waals surface area contributed by atoms with Crippen LogP contribution in [0.2, 0.25) is 0 Å². The van der Waals surface area contributed by atoms with Crippen LogP contribution in [0.25, 0.3) is 11.0 Å². The first-order valence-electron chi connectivity index (χ1n) is 11.6. The first-order chi connectivity index (χ1) is 17.4. The molecular formula is C24H26F3N5O4S. The Hall–Kier alpha value is -3.45. The van der Waals surface area contributed by atoms with Crippen molar-refractivity contribution in [3.63, 3.8) is 0 Å². The van der Waals surface area contributed by atoms with Gasteiger partial charge in [0.1, 0.15) is 16.2 Å². The molecule has 0 unspecified atom stereocenters. The number of nitrogens with one attached hydrogen (secondary N) is 1. The molecule has 9 nitrogen and oxygen atoms in total. The molecule has 1 saturated heterocycles. The van der Waals surface area contributed by atoms with Crippen molar-refractivity contribution in [2.75, 3.05) is 23.5 Å². The van der Waals surface area contributed by atoms with Crippen LogP contribution in [0.1, 0.15) is 42.5 Å². The fourth-order valence-electron chi connectivity index (χ4n) is 4.31. The van der Waals surface area contributed by atoms with Gasteiger partial charge in [-0.15, -0.1) is 0 Å². The van der Waals surface area contributed by atoms with Crippen LogP contribution >= 0.6 is 0 Å². The Labute approximate surface area is 211 Å². The molecule has 4 rings (SSSR count). The van der Waals surface area contributed by atoms with Crippen LogP contribution in [0.4, 0.5) is 24.7 Å². The van der Waals surface area contributed by atoms with E-state index in [4.69, 9.17) is 5.73 Å². The lowest BCUT2D eigenvalue weighted by Gasteiger charge is -2.38. The van der Waals surface area contributed by atoms with Crippen LogP contribution in [-0.2, 0) is 10.0 Å². The predicted octanol–water partition coefficient (Wildman–Crippen LogP) is 3.71. The van der Waals surface area contributed by atoms with E-state index in [1.54, 1.807) is 6.07 Å². The highest BCUT2D eigenvalue weighted by atomic mass is 32.2. The molecule has 1 aliphatic rings. The standard InChI is InChI=1S/C24H26F3N5O4S/c25-24(26,27)10-2-9-23(34)11-13-32(14-12-23)22(33)16-5-7-17(8-6-16)31-37(35,36)19-4-1-3-18-21(19)29-15-20(28)30-18/h1,3-8,15,31,34H,2,9-14H2,(H2,28,30). The van der Waals surface area contributed by atoms with Crippen molar-refractivity contribution >= 4 is 38.5 Å². The van der Waals surface area contributed by atoms with E-state index in [0.717, 1.165) is 0 Å². The van der Waals surface area contributed by atoms with Gasteiger partial charge in [-0.25, -0.2) is 18.4 Å². The van der Waals surface area contributed by atoms with Gasteiger partial charge in [-0.1, -0.05) is 6.07 Å². The third-order valence-corrected chi connectivity index (χ3v) is 7.72. The molecule has 0 aliphatic carbocycles. The van der Waals surface area contributed by atoms with Gasteiger partial charge in [-0.05, 0) is 62.1 Å². The number of nitrogen functional groups attached to an aromatic ring is 1. The molecule has 1 amide bonds. The number of likely N-dealkylation sites (tertiary alicyclic amines) is 1. The summed E-state index contributed by atoms with van der Waals surface area (Å²) in [6.45, 7) is 0.421. The zero-order chi connectivity index (χ0) is 26.8. The number of nitrogens with zero attached hydrogens (tertiary/aromatic N) is 3. The summed E-state index contributed by atoms with van der Waals surface area (Å²) >= 11 is 0. The SMILES string of the molecule is Nc1cnc2c(S(=O)(=O)Nc3ccc(C(=O)N4CCC(O)(CCCC(F)(F)F)CC4)cc3)cccc2n1. The minimum Gasteiger partial charge on any atom is -0.390 e. The van der Waals surface area contributed by atoms with E-state index in [2.05, 4.69) is 14.7 Å². The lowest BCUT2D eigenvalue weighted by molar-refractivity contribution is -0.138. The number of benzene rings is 2. The number of aliphatic hydroxyl groups is 1. The number of alkyl halides is 3. The van der Waals surface area contributed by atoms with Gasteiger partial charge in [0.25, 0.3) is 15.9 Å². The average molecular weight is 538 g/mol. The summed E-state index contributed by atoms with van der Waals surface area (Å²) in [6.07, 6.45) is -3.70. The summed E-state index contributed by atoms with van der Waals surface area (Å²) in [6, 6.07) is 10.4. The summed E-state index contributed by atoms with van der Waals surface area (Å²) in [7, 11) is -4.02. The molecule has 1 aliphatic heterocycles. The monoisotopic (exact) mass is 537 g/mol. The highest BCUT2D eigenvalue weighted by Crippen LogP contribution is 2.31. The number of nitrogens with two attached hydrogens (primary N) is 1. The number of anilines is 2. The third kappa shape index (κ3) is 6.46. The molecule has 13 heteroatoms. The highest BCUT2D eigenvalue weighted by Gasteiger charge is 2.35. The van der Waals surface area contributed by atoms with Gasteiger partial charge in [-0.3, -0.25) is 9.52 Å². The number of para-hydroxylation sites is 1. The fraction of sp³-hybridized carbons (Fsp3) is 0.375. The third-order valence-electron chi connectivity index (χ3n) is 6.31. The summed E-state index contributed by atoms with van der Waals surface area (Å²) in [5.41, 5.74) is 5.45. The highest BCUT2D eigenvalue weighted by molar-refractivity contribution is 7.93. The Morgan fingerprint density at radius 3 is 2.46 bits per heavy atom. The van der Waals surface area contributed by atoms with Crippen LogP contribution in [0.15, 0.2) is 53.6 Å². The number of carbonyl (C=O) groups excluding carboxylic acids is 1. The van der Waals surface area contributed by atoms with Gasteiger partial charge >= 0.3 is 6.18 Å². The quantitative estimate of drug-likeness (QED) is 0.418. The minimum atomic E-state index is -4.26. The molecule has 37 heavy (non-hydrogen) atoms. The number of amides is 1. The Kier molecular flexibility index (Phi) is 7.29. The van der Waals surface area contributed by atoms with Crippen LogP contribution in [0.5, 0.6) is 0 Å². The first-order valence-corrected chi connectivity index (χ1v) is 13.1. The molecule has 3 aromatic rings. The molecular weight excluding hydrogens is 511 g/mol. The summed E-state index contributed by atoms with van der Waals surface area (Å²) < 4.78 is 65.6. The number of carbonyl (C=O) groups is 1. The number of piperidine rings is 1. The number of hydrogen-bond acceptors (Lipinski definition) is 7. The number of rotatable bonds is 7. The van der Waals surface area contributed by atoms with Gasteiger partial charge in [0, 0.05) is 30.8 Å². The molecule has 0 atom stereocenters. The molecule has 0 bridgehead atoms. The van der Waals surface area contributed by atoms with Gasteiger partial charge in [0.2, 0.25) is 0 Å². The molecule has 198 valence electrons. The Bertz CT molecular complexity index is 1390. The Morgan fingerprint density at radius 2 is 1.81 bits per heavy atom. The smallest absolute Gasteiger partial charge is 0.389 e. The van der Waals surface area contributed by atoms with E-state index in [9.17, 15) is 31.5 Å². The number of halogens is 3. The minimum absolute atomic E-state index is 0.0268. The van der Waals surface area contributed by atoms with Crippen molar-refractivity contribution in [1.82, 2.24) is 14.9 Å². The number of sulfonamides is 1. The normalized spacial score (nSPS) is 16.1. The molecule has 4 N–H and O–H groups in total. The number of aromatic nitrogens is 2. The van der Waals surface area contributed by atoms with Gasteiger partial charge in [-0.2, -0.15) is 13.2 Å². The van der Waals surface area contributed by atoms with Crippen LogP contribution < -0.4 is 10.5 Å². The summed E-state index contributed by atoms with van der Waals surface area (Å²) in [5, 5.41) is 10.6. The molecule has 0 saturated carbocycles. The van der Waals surface area contributed by atoms with Crippen molar-refractivity contribution < 1.29 is 31.5 Å². The van der Waals surface area contributed by atoms with E-state index in [0.29, 0.717) is 11.1 Å². The average Bonchev–Trinajstić information content (AvgIpc) is 2.83. The molecule has 2 heterocycles. The number of hydrogen-bond donors (Lipinski definition) is 3. The maximum Gasteiger partial charge on any atom is 0.389 e. The van der Waals surface area contributed by atoms with E-state index < -0.39 is 28.2 Å². The summed E-state index contributed by atoms with van der Waals surface area (Å²) in [4.78, 5) is 22.5. The predicted molar refractivity (Wildman–Crippen MR) is 131 cm³/mol. The van der Waals surface area contributed by atoms with Crippen LogP contribution in [0.3, 0.4) is 0 Å². The second kappa shape index (κ2) is 10.1.